The Kier molecular flexibility index (Phi) is 3.50. The normalized spacial score (nSPS) is 12.2. The maximum atomic E-state index is 12.5. The van der Waals surface area contributed by atoms with Gasteiger partial charge in [0.25, 0.3) is 6.43 Å². The lowest BCUT2D eigenvalue weighted by Gasteiger charge is -2.20. The number of hydrogen-bond donors (Lipinski definition) is 0. The van der Waals surface area contributed by atoms with E-state index in [4.69, 9.17) is 0 Å². The average molecular weight is 310 g/mol. The van der Waals surface area contributed by atoms with Crippen LogP contribution < -0.4 is 0 Å². The molecule has 0 heterocycles. The van der Waals surface area contributed by atoms with Gasteiger partial charge < -0.3 is 0 Å². The second-order valence-corrected chi connectivity index (χ2v) is 5.57. The van der Waals surface area contributed by atoms with E-state index in [0.29, 0.717) is 0 Å². The molecular weight excluding hydrogens is 297 g/mol. The van der Waals surface area contributed by atoms with Gasteiger partial charge in [0.1, 0.15) is 0 Å². The second kappa shape index (κ2) is 4.13. The van der Waals surface area contributed by atoms with Crippen LogP contribution in [-0.4, -0.2) is 0 Å². The Morgan fingerprint density at radius 3 is 2.14 bits per heavy atom. The van der Waals surface area contributed by atoms with E-state index >= 15 is 0 Å². The molecule has 0 N–H and O–H groups in total. The first-order valence-corrected chi connectivity index (χ1v) is 5.47. The highest BCUT2D eigenvalue weighted by Crippen LogP contribution is 2.29. The van der Waals surface area contributed by atoms with E-state index in [-0.39, 0.29) is 11.0 Å². The minimum atomic E-state index is -2.38. The van der Waals surface area contributed by atoms with Crippen LogP contribution >= 0.6 is 22.6 Å². The van der Waals surface area contributed by atoms with Crippen LogP contribution in [0.1, 0.15) is 38.3 Å². The second-order valence-electron chi connectivity index (χ2n) is 4.32. The first-order valence-electron chi connectivity index (χ1n) is 4.40. The molecule has 0 bridgehead atoms. The van der Waals surface area contributed by atoms with Gasteiger partial charge in [0.2, 0.25) is 0 Å². The van der Waals surface area contributed by atoms with Gasteiger partial charge in [-0.15, -0.1) is 0 Å². The van der Waals surface area contributed by atoms with Crippen LogP contribution in [0.15, 0.2) is 18.2 Å². The van der Waals surface area contributed by atoms with Crippen LogP contribution in [0.25, 0.3) is 0 Å². The minimum Gasteiger partial charge on any atom is -0.205 e. The van der Waals surface area contributed by atoms with E-state index in [9.17, 15) is 8.78 Å². The van der Waals surface area contributed by atoms with Gasteiger partial charge in [-0.25, -0.2) is 8.78 Å². The monoisotopic (exact) mass is 310 g/mol. The van der Waals surface area contributed by atoms with Crippen LogP contribution in [0.2, 0.25) is 0 Å². The Hall–Kier alpha value is -0.190. The summed E-state index contributed by atoms with van der Waals surface area (Å²) in [7, 11) is 0. The fraction of sp³-hybridized carbons (Fsp3) is 0.455. The summed E-state index contributed by atoms with van der Waals surface area (Å²) in [5.41, 5.74) is 0.992. The third-order valence-electron chi connectivity index (χ3n) is 2.04. The van der Waals surface area contributed by atoms with Crippen molar-refractivity contribution in [3.8, 4) is 0 Å². The van der Waals surface area contributed by atoms with Crippen molar-refractivity contribution in [1.82, 2.24) is 0 Å². The van der Waals surface area contributed by atoms with E-state index in [1.165, 1.54) is 6.07 Å². The zero-order chi connectivity index (χ0) is 10.9. The van der Waals surface area contributed by atoms with Gasteiger partial charge in [-0.3, -0.25) is 0 Å². The first kappa shape index (κ1) is 11.9. The molecule has 0 saturated carbocycles. The molecule has 3 heteroatoms. The summed E-state index contributed by atoms with van der Waals surface area (Å²) in [4.78, 5) is 0. The van der Waals surface area contributed by atoms with Gasteiger partial charge in [0.05, 0.1) is 0 Å². The lowest BCUT2D eigenvalue weighted by atomic mass is 9.86. The highest BCUT2D eigenvalue weighted by Gasteiger charge is 2.17. The summed E-state index contributed by atoms with van der Waals surface area (Å²) in [5, 5.41) is 0. The van der Waals surface area contributed by atoms with Gasteiger partial charge in [-0.1, -0.05) is 20.8 Å². The van der Waals surface area contributed by atoms with E-state index in [1.54, 1.807) is 6.07 Å². The van der Waals surface area contributed by atoms with Gasteiger partial charge in [-0.05, 0) is 51.8 Å². The van der Waals surface area contributed by atoms with Gasteiger partial charge in [0, 0.05) is 9.13 Å². The number of benzene rings is 1. The predicted octanol–water partition coefficient (Wildman–Crippen LogP) is 4.53. The highest BCUT2D eigenvalue weighted by atomic mass is 127. The molecule has 0 nitrogen and oxygen atoms in total. The number of halogens is 3. The zero-order valence-electron chi connectivity index (χ0n) is 8.44. The average Bonchev–Trinajstić information content (AvgIpc) is 2.01. The van der Waals surface area contributed by atoms with Crippen molar-refractivity contribution in [2.45, 2.75) is 32.6 Å². The quantitative estimate of drug-likeness (QED) is 0.669. The summed E-state index contributed by atoms with van der Waals surface area (Å²) >= 11 is 2.07. The molecule has 1 aromatic rings. The van der Waals surface area contributed by atoms with Crippen molar-refractivity contribution in [3.05, 3.63) is 32.9 Å². The van der Waals surface area contributed by atoms with E-state index in [0.717, 1.165) is 9.13 Å². The molecule has 0 amide bonds. The maximum absolute atomic E-state index is 12.5. The number of hydrogen-bond acceptors (Lipinski definition) is 0. The highest BCUT2D eigenvalue weighted by molar-refractivity contribution is 14.1. The summed E-state index contributed by atoms with van der Waals surface area (Å²) in [6, 6.07) is 5.07. The molecular formula is C11H13F2I. The van der Waals surface area contributed by atoms with Crippen molar-refractivity contribution >= 4 is 22.6 Å². The van der Waals surface area contributed by atoms with Gasteiger partial charge in [-0.2, -0.15) is 0 Å². The molecule has 0 atom stereocenters. The smallest absolute Gasteiger partial charge is 0.205 e. The van der Waals surface area contributed by atoms with Gasteiger partial charge in [0.15, 0.2) is 0 Å². The minimum absolute atomic E-state index is 0.0786. The maximum Gasteiger partial charge on any atom is 0.263 e. The Labute approximate surface area is 96.8 Å². The number of rotatable bonds is 1. The lowest BCUT2D eigenvalue weighted by Crippen LogP contribution is -2.11. The topological polar surface area (TPSA) is 0 Å². The fourth-order valence-corrected chi connectivity index (χ4v) is 1.87. The molecule has 14 heavy (non-hydrogen) atoms. The molecule has 0 aliphatic heterocycles. The van der Waals surface area contributed by atoms with Crippen molar-refractivity contribution < 1.29 is 8.78 Å². The Balaban J connectivity index is 3.21. The predicted molar refractivity (Wildman–Crippen MR) is 62.8 cm³/mol. The molecule has 0 saturated heterocycles. The van der Waals surface area contributed by atoms with Crippen molar-refractivity contribution in [1.29, 1.82) is 0 Å². The van der Waals surface area contributed by atoms with Crippen LogP contribution in [0.4, 0.5) is 8.78 Å². The summed E-state index contributed by atoms with van der Waals surface area (Å²) in [5.74, 6) is 0. The van der Waals surface area contributed by atoms with Crippen LogP contribution in [0, 0.1) is 3.57 Å². The largest absolute Gasteiger partial charge is 0.263 e. The van der Waals surface area contributed by atoms with Crippen molar-refractivity contribution in [2.75, 3.05) is 0 Å². The molecule has 0 radical (unpaired) electrons. The molecule has 0 spiro atoms. The Morgan fingerprint density at radius 1 is 1.14 bits per heavy atom. The summed E-state index contributed by atoms with van der Waals surface area (Å²) in [6.07, 6.45) is -2.38. The summed E-state index contributed by atoms with van der Waals surface area (Å²) in [6.45, 7) is 6.06. The lowest BCUT2D eigenvalue weighted by molar-refractivity contribution is 0.151. The third kappa shape index (κ3) is 2.90. The van der Waals surface area contributed by atoms with Crippen molar-refractivity contribution in [2.24, 2.45) is 0 Å². The standard InChI is InChI=1S/C11H13F2I/c1-11(2,3)8-4-7(10(12)13)5-9(14)6-8/h4-6,10H,1-3H3. The zero-order valence-corrected chi connectivity index (χ0v) is 10.6. The van der Waals surface area contributed by atoms with E-state index in [2.05, 4.69) is 22.6 Å². The molecule has 1 aromatic carbocycles. The molecule has 1 rings (SSSR count). The van der Waals surface area contributed by atoms with Gasteiger partial charge >= 0.3 is 0 Å². The first-order chi connectivity index (χ1) is 6.30. The number of alkyl halides is 2. The van der Waals surface area contributed by atoms with E-state index in [1.807, 2.05) is 26.8 Å². The fourth-order valence-electron chi connectivity index (χ4n) is 1.17. The Bertz CT molecular complexity index is 327. The molecule has 0 aliphatic rings. The van der Waals surface area contributed by atoms with Crippen LogP contribution in [0.5, 0.6) is 0 Å². The summed E-state index contributed by atoms with van der Waals surface area (Å²) < 4.78 is 25.9. The SMILES string of the molecule is CC(C)(C)c1cc(I)cc(C(F)F)c1. The molecule has 0 fully saturated rings. The van der Waals surface area contributed by atoms with Crippen molar-refractivity contribution in [3.63, 3.8) is 0 Å². The third-order valence-corrected chi connectivity index (χ3v) is 2.66. The Morgan fingerprint density at radius 2 is 1.71 bits per heavy atom. The van der Waals surface area contributed by atoms with E-state index < -0.39 is 6.43 Å². The molecule has 0 unspecified atom stereocenters. The molecule has 0 aliphatic carbocycles. The molecule has 0 aromatic heterocycles. The van der Waals surface area contributed by atoms with Crippen LogP contribution in [0.3, 0.4) is 0 Å². The van der Waals surface area contributed by atoms with Crippen LogP contribution in [-0.2, 0) is 5.41 Å². The molecule has 78 valence electrons.